The van der Waals surface area contributed by atoms with E-state index in [1.54, 1.807) is 16.7 Å². The molecule has 0 bridgehead atoms. The number of aryl methyl sites for hydroxylation is 2. The van der Waals surface area contributed by atoms with Crippen LogP contribution in [-0.2, 0) is 11.8 Å². The first-order valence-corrected chi connectivity index (χ1v) is 8.57. The molecule has 0 radical (unpaired) electrons. The van der Waals surface area contributed by atoms with Crippen LogP contribution in [-0.4, -0.2) is 0 Å². The van der Waals surface area contributed by atoms with E-state index < -0.39 is 0 Å². The zero-order chi connectivity index (χ0) is 14.5. The van der Waals surface area contributed by atoms with Crippen LogP contribution in [0, 0.1) is 18.8 Å². The number of benzene rings is 1. The Bertz CT molecular complexity index is 511. The van der Waals surface area contributed by atoms with Crippen LogP contribution in [0.2, 0.25) is 0 Å². The van der Waals surface area contributed by atoms with E-state index in [4.69, 9.17) is 0 Å². The van der Waals surface area contributed by atoms with Gasteiger partial charge < -0.3 is 0 Å². The minimum Gasteiger partial charge on any atom is -0.0622 e. The Hall–Kier alpha value is -0.780. The van der Waals surface area contributed by atoms with Gasteiger partial charge in [-0.25, -0.2) is 0 Å². The lowest BCUT2D eigenvalue weighted by Gasteiger charge is -2.50. The minimum atomic E-state index is 0.450. The van der Waals surface area contributed by atoms with Crippen LogP contribution >= 0.6 is 0 Å². The summed E-state index contributed by atoms with van der Waals surface area (Å²) in [4.78, 5) is 0. The normalized spacial score (nSPS) is 32.9. The third-order valence-corrected chi connectivity index (χ3v) is 6.31. The lowest BCUT2D eigenvalue weighted by molar-refractivity contribution is 0.117. The van der Waals surface area contributed by atoms with Gasteiger partial charge in [-0.05, 0) is 71.6 Å². The zero-order valence-corrected chi connectivity index (χ0v) is 13.9. The van der Waals surface area contributed by atoms with Crippen LogP contribution < -0.4 is 0 Å². The first-order chi connectivity index (χ1) is 9.43. The molecule has 3 rings (SSSR count). The van der Waals surface area contributed by atoms with Crippen molar-refractivity contribution in [2.75, 3.05) is 0 Å². The van der Waals surface area contributed by atoms with Crippen molar-refractivity contribution in [2.24, 2.45) is 11.8 Å². The maximum absolute atomic E-state index is 2.56. The van der Waals surface area contributed by atoms with Crippen molar-refractivity contribution in [3.8, 4) is 0 Å². The molecule has 0 amide bonds. The second kappa shape index (κ2) is 4.90. The average molecular weight is 270 g/mol. The van der Waals surface area contributed by atoms with E-state index in [-0.39, 0.29) is 0 Å². The highest BCUT2D eigenvalue weighted by molar-refractivity contribution is 5.45. The molecular weight excluding hydrogens is 240 g/mol. The van der Waals surface area contributed by atoms with Gasteiger partial charge in [0.15, 0.2) is 0 Å². The van der Waals surface area contributed by atoms with Crippen molar-refractivity contribution < 1.29 is 0 Å². The van der Waals surface area contributed by atoms with Gasteiger partial charge in [-0.3, -0.25) is 0 Å². The van der Waals surface area contributed by atoms with E-state index >= 15 is 0 Å². The van der Waals surface area contributed by atoms with Crippen molar-refractivity contribution in [2.45, 2.75) is 78.1 Å². The average Bonchev–Trinajstić information content (AvgIpc) is 2.38. The fourth-order valence-corrected chi connectivity index (χ4v) is 5.19. The first kappa shape index (κ1) is 14.2. The van der Waals surface area contributed by atoms with Crippen molar-refractivity contribution in [1.29, 1.82) is 0 Å². The van der Waals surface area contributed by atoms with Crippen LogP contribution in [0.3, 0.4) is 0 Å². The van der Waals surface area contributed by atoms with Gasteiger partial charge in [-0.2, -0.15) is 0 Å². The first-order valence-electron chi connectivity index (χ1n) is 8.57. The molecule has 1 aromatic rings. The standard InChI is InChI=1S/C20H30/c1-13(2)17-12-16-8-9-18-14(3)7-6-10-20(18,5)19(16)11-15(17)4/h11-14,18H,6-10H2,1-5H3. The van der Waals surface area contributed by atoms with Crippen molar-refractivity contribution >= 4 is 0 Å². The van der Waals surface area contributed by atoms with Crippen molar-refractivity contribution in [3.63, 3.8) is 0 Å². The summed E-state index contributed by atoms with van der Waals surface area (Å²) in [6.07, 6.45) is 6.97. The largest absolute Gasteiger partial charge is 0.0622 e. The van der Waals surface area contributed by atoms with Gasteiger partial charge in [0, 0.05) is 0 Å². The van der Waals surface area contributed by atoms with Gasteiger partial charge >= 0.3 is 0 Å². The summed E-state index contributed by atoms with van der Waals surface area (Å²) in [5, 5.41) is 0. The van der Waals surface area contributed by atoms with Crippen LogP contribution in [0.4, 0.5) is 0 Å². The molecule has 0 N–H and O–H groups in total. The molecule has 0 nitrogen and oxygen atoms in total. The van der Waals surface area contributed by atoms with E-state index in [2.05, 4.69) is 46.8 Å². The fourth-order valence-electron chi connectivity index (χ4n) is 5.19. The van der Waals surface area contributed by atoms with E-state index in [1.165, 1.54) is 37.7 Å². The predicted octanol–water partition coefficient (Wildman–Crippen LogP) is 5.76. The molecule has 3 unspecified atom stereocenters. The summed E-state index contributed by atoms with van der Waals surface area (Å²) in [6, 6.07) is 5.09. The Morgan fingerprint density at radius 1 is 1.20 bits per heavy atom. The highest BCUT2D eigenvalue weighted by Crippen LogP contribution is 2.52. The summed E-state index contributed by atoms with van der Waals surface area (Å²) < 4.78 is 0. The molecular formula is C20H30. The van der Waals surface area contributed by atoms with E-state index in [1.807, 2.05) is 0 Å². The predicted molar refractivity (Wildman–Crippen MR) is 87.4 cm³/mol. The molecule has 0 aliphatic heterocycles. The molecule has 110 valence electrons. The van der Waals surface area contributed by atoms with Gasteiger partial charge in [0.2, 0.25) is 0 Å². The van der Waals surface area contributed by atoms with Crippen LogP contribution in [0.1, 0.15) is 81.5 Å². The smallest absolute Gasteiger partial charge is 0.00416 e. The molecule has 3 atom stereocenters. The monoisotopic (exact) mass is 270 g/mol. The summed E-state index contributed by atoms with van der Waals surface area (Å²) >= 11 is 0. The second-order valence-corrected chi connectivity index (χ2v) is 7.95. The highest BCUT2D eigenvalue weighted by Gasteiger charge is 2.44. The van der Waals surface area contributed by atoms with E-state index in [0.717, 1.165) is 11.8 Å². The lowest BCUT2D eigenvalue weighted by atomic mass is 9.55. The minimum absolute atomic E-state index is 0.450. The Balaban J connectivity index is 2.10. The summed E-state index contributed by atoms with van der Waals surface area (Å²) in [5.74, 6) is 2.47. The van der Waals surface area contributed by atoms with Crippen LogP contribution in [0.5, 0.6) is 0 Å². The molecule has 1 aromatic carbocycles. The Labute approximate surface area is 125 Å². The van der Waals surface area contributed by atoms with Gasteiger partial charge in [0.1, 0.15) is 0 Å². The summed E-state index contributed by atoms with van der Waals surface area (Å²) in [7, 11) is 0. The van der Waals surface area contributed by atoms with Gasteiger partial charge in [0.05, 0.1) is 0 Å². The molecule has 1 saturated carbocycles. The van der Waals surface area contributed by atoms with Gasteiger partial charge in [-0.1, -0.05) is 52.7 Å². The summed E-state index contributed by atoms with van der Waals surface area (Å²) in [6.45, 7) is 12.0. The molecule has 2 aliphatic rings. The molecule has 2 aliphatic carbocycles. The summed E-state index contributed by atoms with van der Waals surface area (Å²) in [5.41, 5.74) is 6.88. The Morgan fingerprint density at radius 3 is 2.65 bits per heavy atom. The van der Waals surface area contributed by atoms with Gasteiger partial charge in [0.25, 0.3) is 0 Å². The molecule has 0 aromatic heterocycles. The van der Waals surface area contributed by atoms with E-state index in [0.29, 0.717) is 11.3 Å². The highest BCUT2D eigenvalue weighted by atomic mass is 14.5. The maximum Gasteiger partial charge on any atom is -0.00416 e. The van der Waals surface area contributed by atoms with Gasteiger partial charge in [-0.15, -0.1) is 0 Å². The third-order valence-electron chi connectivity index (χ3n) is 6.31. The molecule has 1 fully saturated rings. The van der Waals surface area contributed by atoms with Crippen molar-refractivity contribution in [3.05, 3.63) is 34.4 Å². The molecule has 20 heavy (non-hydrogen) atoms. The number of hydrogen-bond acceptors (Lipinski definition) is 0. The zero-order valence-electron chi connectivity index (χ0n) is 13.9. The Morgan fingerprint density at radius 2 is 1.95 bits per heavy atom. The topological polar surface area (TPSA) is 0 Å². The van der Waals surface area contributed by atoms with Crippen LogP contribution in [0.15, 0.2) is 12.1 Å². The number of rotatable bonds is 1. The second-order valence-electron chi connectivity index (χ2n) is 7.95. The van der Waals surface area contributed by atoms with Crippen LogP contribution in [0.25, 0.3) is 0 Å². The maximum atomic E-state index is 2.56. The Kier molecular flexibility index (Phi) is 3.47. The fraction of sp³-hybridized carbons (Fsp3) is 0.700. The number of hydrogen-bond donors (Lipinski definition) is 0. The molecule has 0 heterocycles. The van der Waals surface area contributed by atoms with E-state index in [9.17, 15) is 0 Å². The third kappa shape index (κ3) is 2.03. The van der Waals surface area contributed by atoms with Crippen molar-refractivity contribution in [1.82, 2.24) is 0 Å². The molecule has 0 spiro atoms. The molecule has 0 saturated heterocycles. The molecule has 0 heteroatoms. The quantitative estimate of drug-likeness (QED) is 0.608. The SMILES string of the molecule is Cc1cc2c(cc1C(C)C)CCC1C(C)CCCC21C. The lowest BCUT2D eigenvalue weighted by Crippen LogP contribution is -2.43. The number of fused-ring (bicyclic) bond motifs is 3.